The fourth-order valence-corrected chi connectivity index (χ4v) is 4.59. The summed E-state index contributed by atoms with van der Waals surface area (Å²) in [7, 11) is 0. The molecular formula is C23H30N6O3. The highest BCUT2D eigenvalue weighted by atomic mass is 16.4. The van der Waals surface area contributed by atoms with E-state index in [0.29, 0.717) is 18.9 Å². The van der Waals surface area contributed by atoms with Gasteiger partial charge in [-0.25, -0.2) is 9.97 Å². The van der Waals surface area contributed by atoms with E-state index in [4.69, 9.17) is 5.73 Å². The Morgan fingerprint density at radius 1 is 1.28 bits per heavy atom. The van der Waals surface area contributed by atoms with E-state index < -0.39 is 11.4 Å². The van der Waals surface area contributed by atoms with Crippen molar-refractivity contribution in [3.05, 3.63) is 31.0 Å². The maximum absolute atomic E-state index is 11.7. The van der Waals surface area contributed by atoms with Crippen molar-refractivity contribution in [3.8, 4) is 11.3 Å². The van der Waals surface area contributed by atoms with Gasteiger partial charge in [0.2, 0.25) is 5.91 Å². The topological polar surface area (TPSA) is 129 Å². The van der Waals surface area contributed by atoms with Crippen molar-refractivity contribution < 1.29 is 14.7 Å². The molecule has 1 saturated carbocycles. The molecule has 9 heteroatoms. The van der Waals surface area contributed by atoms with Crippen molar-refractivity contribution in [2.24, 2.45) is 17.1 Å². The van der Waals surface area contributed by atoms with Crippen LogP contribution in [0, 0.1) is 11.3 Å². The normalized spacial score (nSPS) is 15.9. The number of nitrogens with zero attached hydrogens (tertiary/aromatic N) is 5. The summed E-state index contributed by atoms with van der Waals surface area (Å²) in [5, 5.41) is 14.8. The van der Waals surface area contributed by atoms with E-state index in [1.807, 2.05) is 27.7 Å². The van der Waals surface area contributed by atoms with Gasteiger partial charge in [0.15, 0.2) is 0 Å². The summed E-state index contributed by atoms with van der Waals surface area (Å²) >= 11 is 0. The van der Waals surface area contributed by atoms with Crippen molar-refractivity contribution in [3.63, 3.8) is 0 Å². The van der Waals surface area contributed by atoms with Crippen molar-refractivity contribution in [2.75, 3.05) is 0 Å². The van der Waals surface area contributed by atoms with Gasteiger partial charge in [0.1, 0.15) is 12.0 Å². The van der Waals surface area contributed by atoms with Gasteiger partial charge in [-0.15, -0.1) is 0 Å². The average Bonchev–Trinajstić information content (AvgIpc) is 3.51. The van der Waals surface area contributed by atoms with E-state index in [0.717, 1.165) is 35.1 Å². The highest BCUT2D eigenvalue weighted by molar-refractivity contribution is 5.90. The Balaban J connectivity index is 1.62. The minimum Gasteiger partial charge on any atom is -0.481 e. The maximum Gasteiger partial charge on any atom is 0.309 e. The Labute approximate surface area is 186 Å². The second-order valence-corrected chi connectivity index (χ2v) is 9.40. The third-order valence-corrected chi connectivity index (χ3v) is 6.68. The molecule has 0 bridgehead atoms. The predicted molar refractivity (Wildman–Crippen MR) is 120 cm³/mol. The number of carbonyl (C=O) groups is 2. The van der Waals surface area contributed by atoms with Gasteiger partial charge < -0.3 is 15.4 Å². The van der Waals surface area contributed by atoms with E-state index in [2.05, 4.69) is 15.1 Å². The molecule has 0 radical (unpaired) electrons. The van der Waals surface area contributed by atoms with Gasteiger partial charge in [-0.2, -0.15) is 5.10 Å². The molecule has 1 aliphatic rings. The lowest BCUT2D eigenvalue weighted by atomic mass is 9.90. The number of carboxylic acids is 1. The number of hydrogen-bond acceptors (Lipinski definition) is 5. The molecule has 3 aromatic heterocycles. The van der Waals surface area contributed by atoms with Crippen LogP contribution in [0.4, 0.5) is 0 Å². The van der Waals surface area contributed by atoms with Crippen LogP contribution in [0.1, 0.15) is 58.4 Å². The molecule has 0 unspecified atom stereocenters. The fraction of sp³-hybridized carbons (Fsp3) is 0.522. The first kappa shape index (κ1) is 22.0. The smallest absolute Gasteiger partial charge is 0.309 e. The first-order valence-electron chi connectivity index (χ1n) is 11.1. The molecule has 1 atom stereocenters. The first-order chi connectivity index (χ1) is 15.3. The Morgan fingerprint density at radius 2 is 2.03 bits per heavy atom. The molecule has 32 heavy (non-hydrogen) atoms. The number of carboxylic acid groups (broad SMARTS) is 1. The quantitative estimate of drug-likeness (QED) is 0.527. The van der Waals surface area contributed by atoms with E-state index in [1.165, 1.54) is 19.2 Å². The Morgan fingerprint density at radius 3 is 2.72 bits per heavy atom. The molecule has 3 N–H and O–H groups in total. The van der Waals surface area contributed by atoms with Crippen LogP contribution in [0.15, 0.2) is 31.0 Å². The predicted octanol–water partition coefficient (Wildman–Crippen LogP) is 3.40. The van der Waals surface area contributed by atoms with Gasteiger partial charge in [-0.3, -0.25) is 14.3 Å². The molecule has 1 fully saturated rings. The van der Waals surface area contributed by atoms with Crippen LogP contribution in [0.5, 0.6) is 0 Å². The maximum atomic E-state index is 11.7. The third kappa shape index (κ3) is 4.37. The van der Waals surface area contributed by atoms with E-state index >= 15 is 0 Å². The number of nitrogens with two attached hydrogens (primary N) is 1. The van der Waals surface area contributed by atoms with Crippen LogP contribution < -0.4 is 5.73 Å². The molecule has 1 aliphatic carbocycles. The van der Waals surface area contributed by atoms with Crippen LogP contribution in [0.2, 0.25) is 0 Å². The van der Waals surface area contributed by atoms with Crippen LogP contribution in [-0.2, 0) is 16.1 Å². The summed E-state index contributed by atoms with van der Waals surface area (Å²) in [6.07, 6.45) is 12.4. The van der Waals surface area contributed by atoms with Gasteiger partial charge in [-0.1, -0.05) is 12.8 Å². The number of rotatable bonds is 9. The van der Waals surface area contributed by atoms with Gasteiger partial charge in [0.25, 0.3) is 0 Å². The monoisotopic (exact) mass is 438 g/mol. The van der Waals surface area contributed by atoms with Gasteiger partial charge >= 0.3 is 5.97 Å². The molecule has 3 heterocycles. The van der Waals surface area contributed by atoms with Crippen molar-refractivity contribution in [1.82, 2.24) is 24.3 Å². The van der Waals surface area contributed by atoms with Gasteiger partial charge in [0, 0.05) is 36.3 Å². The third-order valence-electron chi connectivity index (χ3n) is 6.68. The number of aryl methyl sites for hydroxylation is 1. The summed E-state index contributed by atoms with van der Waals surface area (Å²) in [5.41, 5.74) is 7.09. The summed E-state index contributed by atoms with van der Waals surface area (Å²) < 4.78 is 3.83. The Kier molecular flexibility index (Phi) is 5.99. The summed E-state index contributed by atoms with van der Waals surface area (Å²) in [6.45, 7) is 3.99. The van der Waals surface area contributed by atoms with Crippen LogP contribution in [0.3, 0.4) is 0 Å². The summed E-state index contributed by atoms with van der Waals surface area (Å²) in [5.74, 6) is -0.728. The SMILES string of the molecule is CC(C)(CCn1ccc2c(-c3cnn([C@@H](CC(N)=O)C4CCCC4)c3)ncnc21)C(=O)O. The lowest BCUT2D eigenvalue weighted by Crippen LogP contribution is -2.25. The summed E-state index contributed by atoms with van der Waals surface area (Å²) in [6, 6.07) is 1.91. The first-order valence-corrected chi connectivity index (χ1v) is 11.1. The lowest BCUT2D eigenvalue weighted by molar-refractivity contribution is -0.147. The molecule has 0 saturated heterocycles. The highest BCUT2D eigenvalue weighted by Gasteiger charge is 2.29. The molecule has 1 amide bonds. The lowest BCUT2D eigenvalue weighted by Gasteiger charge is -2.22. The van der Waals surface area contributed by atoms with Crippen LogP contribution in [-0.4, -0.2) is 41.3 Å². The molecule has 0 aliphatic heterocycles. The number of hydrogen-bond donors (Lipinski definition) is 2. The van der Waals surface area contributed by atoms with Crippen molar-refractivity contribution >= 4 is 22.9 Å². The average molecular weight is 439 g/mol. The van der Waals surface area contributed by atoms with Crippen LogP contribution >= 0.6 is 0 Å². The van der Waals surface area contributed by atoms with Crippen molar-refractivity contribution in [2.45, 2.75) is 65.0 Å². The minimum absolute atomic E-state index is 0.0380. The minimum atomic E-state index is -0.816. The van der Waals surface area contributed by atoms with E-state index in [9.17, 15) is 14.7 Å². The molecule has 9 nitrogen and oxygen atoms in total. The van der Waals surface area contributed by atoms with E-state index in [-0.39, 0.29) is 18.4 Å². The second-order valence-electron chi connectivity index (χ2n) is 9.40. The highest BCUT2D eigenvalue weighted by Crippen LogP contribution is 2.37. The van der Waals surface area contributed by atoms with Gasteiger partial charge in [0.05, 0.1) is 23.3 Å². The zero-order chi connectivity index (χ0) is 22.9. The largest absolute Gasteiger partial charge is 0.481 e. The standard InChI is InChI=1S/C23H30N6O3/c1-23(2,22(31)32)8-10-28-9-7-17-20(25-14-26-21(17)28)16-12-27-29(13-16)18(11-19(24)30)15-5-3-4-6-15/h7,9,12-15,18H,3-6,8,10-11H2,1-2H3,(H2,24,30)(H,31,32)/t18-/m0/s1. The number of aromatic nitrogens is 5. The summed E-state index contributed by atoms with van der Waals surface area (Å²) in [4.78, 5) is 32.0. The molecule has 4 rings (SSSR count). The molecular weight excluding hydrogens is 408 g/mol. The molecule has 3 aromatic rings. The zero-order valence-corrected chi connectivity index (χ0v) is 18.6. The number of fused-ring (bicyclic) bond motifs is 1. The Hall–Kier alpha value is -3.23. The number of amides is 1. The zero-order valence-electron chi connectivity index (χ0n) is 18.6. The number of carbonyl (C=O) groups excluding carboxylic acids is 1. The van der Waals surface area contributed by atoms with Crippen LogP contribution in [0.25, 0.3) is 22.3 Å². The fourth-order valence-electron chi connectivity index (χ4n) is 4.59. The number of aliphatic carboxylic acids is 1. The van der Waals surface area contributed by atoms with Crippen molar-refractivity contribution in [1.29, 1.82) is 0 Å². The van der Waals surface area contributed by atoms with Gasteiger partial charge in [-0.05, 0) is 45.1 Å². The molecule has 0 aromatic carbocycles. The second kappa shape index (κ2) is 8.72. The molecule has 170 valence electrons. The number of primary amides is 1. The Bertz CT molecular complexity index is 1130. The molecule has 0 spiro atoms. The van der Waals surface area contributed by atoms with E-state index in [1.54, 1.807) is 20.0 Å².